The van der Waals surface area contributed by atoms with Gasteiger partial charge in [-0.2, -0.15) is 0 Å². The maximum Gasteiger partial charge on any atom is 0.321 e. The molecule has 0 aromatic carbocycles. The lowest BCUT2D eigenvalue weighted by Crippen LogP contribution is -2.35. The number of aromatic nitrogens is 2. The van der Waals surface area contributed by atoms with Gasteiger partial charge < -0.3 is 15.8 Å². The van der Waals surface area contributed by atoms with Gasteiger partial charge in [-0.25, -0.2) is 4.98 Å². The maximum absolute atomic E-state index is 10.8. The summed E-state index contributed by atoms with van der Waals surface area (Å²) in [5.74, 6) is -1.25. The number of H-pyrrole nitrogens is 1. The van der Waals surface area contributed by atoms with Crippen molar-refractivity contribution in [3.8, 4) is 0 Å². The summed E-state index contributed by atoms with van der Waals surface area (Å²) in [6.07, 6.45) is 3.45. The molecule has 2 aromatic heterocycles. The van der Waals surface area contributed by atoms with Crippen LogP contribution in [0.25, 0.3) is 11.0 Å². The number of aliphatic carboxylic acids is 1. The van der Waals surface area contributed by atoms with Gasteiger partial charge in [0.25, 0.3) is 0 Å². The number of pyridine rings is 1. The van der Waals surface area contributed by atoms with Gasteiger partial charge in [0.15, 0.2) is 0 Å². The van der Waals surface area contributed by atoms with Crippen LogP contribution in [0.1, 0.15) is 18.4 Å². The second-order valence-electron chi connectivity index (χ2n) is 3.80. The molecule has 2 unspecified atom stereocenters. The molecule has 4 N–H and O–H groups in total. The predicted molar refractivity (Wildman–Crippen MR) is 60.1 cm³/mol. The Balaban J connectivity index is 2.44. The molecule has 0 aliphatic heterocycles. The summed E-state index contributed by atoms with van der Waals surface area (Å²) >= 11 is 0. The molecule has 2 aromatic rings. The smallest absolute Gasteiger partial charge is 0.321 e. The Hall–Kier alpha value is -1.88. The first-order valence-corrected chi connectivity index (χ1v) is 5.01. The lowest BCUT2D eigenvalue weighted by atomic mass is 9.94. The molecule has 0 fully saturated rings. The van der Waals surface area contributed by atoms with Crippen LogP contribution in [0.2, 0.25) is 0 Å². The summed E-state index contributed by atoms with van der Waals surface area (Å²) in [5, 5.41) is 9.80. The fourth-order valence-electron chi connectivity index (χ4n) is 1.76. The maximum atomic E-state index is 10.8. The molecule has 16 heavy (non-hydrogen) atoms. The minimum atomic E-state index is -0.995. The molecule has 0 radical (unpaired) electrons. The molecule has 5 heteroatoms. The van der Waals surface area contributed by atoms with Crippen LogP contribution in [0.4, 0.5) is 0 Å². The van der Waals surface area contributed by atoms with E-state index in [-0.39, 0.29) is 5.92 Å². The summed E-state index contributed by atoms with van der Waals surface area (Å²) in [6, 6.07) is 2.82. The van der Waals surface area contributed by atoms with Gasteiger partial charge in [-0.15, -0.1) is 0 Å². The molecule has 0 saturated carbocycles. The van der Waals surface area contributed by atoms with Crippen LogP contribution < -0.4 is 5.73 Å². The zero-order valence-corrected chi connectivity index (χ0v) is 8.84. The average molecular weight is 219 g/mol. The van der Waals surface area contributed by atoms with Crippen molar-refractivity contribution >= 4 is 17.0 Å². The van der Waals surface area contributed by atoms with Crippen LogP contribution in [0.15, 0.2) is 24.5 Å². The van der Waals surface area contributed by atoms with Gasteiger partial charge in [0, 0.05) is 23.7 Å². The Labute approximate surface area is 92.3 Å². The van der Waals surface area contributed by atoms with Crippen molar-refractivity contribution < 1.29 is 9.90 Å². The molecule has 0 aliphatic carbocycles. The van der Waals surface area contributed by atoms with Crippen LogP contribution in [0, 0.1) is 0 Å². The minimum Gasteiger partial charge on any atom is -0.480 e. The number of nitrogens with zero attached hydrogens (tertiary/aromatic N) is 1. The number of carboxylic acids is 1. The van der Waals surface area contributed by atoms with Crippen molar-refractivity contribution in [3.63, 3.8) is 0 Å². The largest absolute Gasteiger partial charge is 0.480 e. The molecule has 0 amide bonds. The van der Waals surface area contributed by atoms with Gasteiger partial charge in [-0.05, 0) is 17.7 Å². The Morgan fingerprint density at radius 1 is 1.62 bits per heavy atom. The molecule has 2 heterocycles. The molecular weight excluding hydrogens is 206 g/mol. The lowest BCUT2D eigenvalue weighted by Gasteiger charge is -2.14. The molecule has 0 spiro atoms. The topological polar surface area (TPSA) is 92.0 Å². The van der Waals surface area contributed by atoms with Crippen LogP contribution >= 0.6 is 0 Å². The normalized spacial score (nSPS) is 14.9. The molecule has 84 valence electrons. The zero-order chi connectivity index (χ0) is 11.7. The van der Waals surface area contributed by atoms with Gasteiger partial charge in [-0.3, -0.25) is 4.79 Å². The van der Waals surface area contributed by atoms with E-state index in [2.05, 4.69) is 9.97 Å². The van der Waals surface area contributed by atoms with E-state index in [1.807, 2.05) is 12.1 Å². The van der Waals surface area contributed by atoms with Crippen LogP contribution in [0.3, 0.4) is 0 Å². The summed E-state index contributed by atoms with van der Waals surface area (Å²) in [6.45, 7) is 1.80. The first kappa shape index (κ1) is 10.6. The summed E-state index contributed by atoms with van der Waals surface area (Å²) < 4.78 is 0. The summed E-state index contributed by atoms with van der Waals surface area (Å²) in [5.41, 5.74) is 7.25. The third-order valence-electron chi connectivity index (χ3n) is 2.80. The molecule has 0 bridgehead atoms. The monoisotopic (exact) mass is 219 g/mol. The first-order chi connectivity index (χ1) is 7.61. The van der Waals surface area contributed by atoms with Crippen LogP contribution in [-0.2, 0) is 4.79 Å². The lowest BCUT2D eigenvalue weighted by molar-refractivity contribution is -0.138. The highest BCUT2D eigenvalue weighted by molar-refractivity contribution is 5.82. The average Bonchev–Trinajstić information content (AvgIpc) is 2.70. The molecule has 0 saturated heterocycles. The number of nitrogens with one attached hydrogen (secondary N) is 1. The Morgan fingerprint density at radius 2 is 2.38 bits per heavy atom. The van der Waals surface area contributed by atoms with Crippen molar-refractivity contribution in [2.45, 2.75) is 18.9 Å². The van der Waals surface area contributed by atoms with E-state index in [9.17, 15) is 4.79 Å². The Morgan fingerprint density at radius 3 is 3.06 bits per heavy atom. The van der Waals surface area contributed by atoms with Crippen molar-refractivity contribution in [1.82, 2.24) is 9.97 Å². The second-order valence-corrected chi connectivity index (χ2v) is 3.80. The van der Waals surface area contributed by atoms with Crippen molar-refractivity contribution in [2.24, 2.45) is 5.73 Å². The van der Waals surface area contributed by atoms with Crippen LogP contribution in [-0.4, -0.2) is 27.1 Å². The molecule has 5 nitrogen and oxygen atoms in total. The van der Waals surface area contributed by atoms with Crippen molar-refractivity contribution in [1.29, 1.82) is 0 Å². The number of carbonyl (C=O) groups is 1. The Bertz CT molecular complexity index is 521. The Kier molecular flexibility index (Phi) is 2.62. The van der Waals surface area contributed by atoms with E-state index in [1.54, 1.807) is 19.3 Å². The third-order valence-corrected chi connectivity index (χ3v) is 2.80. The zero-order valence-electron chi connectivity index (χ0n) is 8.84. The molecular formula is C11H13N3O2. The number of rotatable bonds is 3. The third kappa shape index (κ3) is 1.65. The van der Waals surface area contributed by atoms with E-state index >= 15 is 0 Å². The SMILES string of the molecule is CC(c1c[nH]c2ncccc12)C(N)C(=O)O. The van der Waals surface area contributed by atoms with E-state index in [4.69, 9.17) is 10.8 Å². The van der Waals surface area contributed by atoms with Gasteiger partial charge in [0.2, 0.25) is 0 Å². The number of nitrogens with two attached hydrogens (primary N) is 1. The fraction of sp³-hybridized carbons (Fsp3) is 0.273. The molecule has 2 atom stereocenters. The van der Waals surface area contributed by atoms with E-state index in [0.717, 1.165) is 16.6 Å². The molecule has 0 aliphatic rings. The number of fused-ring (bicyclic) bond motifs is 1. The summed E-state index contributed by atoms with van der Waals surface area (Å²) in [4.78, 5) is 18.0. The predicted octanol–water partition coefficient (Wildman–Crippen LogP) is 1.08. The van der Waals surface area contributed by atoms with Crippen LogP contribution in [0.5, 0.6) is 0 Å². The van der Waals surface area contributed by atoms with Gasteiger partial charge in [0.05, 0.1) is 0 Å². The first-order valence-electron chi connectivity index (χ1n) is 5.01. The van der Waals surface area contributed by atoms with Gasteiger partial charge >= 0.3 is 5.97 Å². The standard InChI is InChI=1S/C11H13N3O2/c1-6(9(12)11(15)16)8-5-14-10-7(8)3-2-4-13-10/h2-6,9H,12H2,1H3,(H,13,14)(H,15,16). The highest BCUT2D eigenvalue weighted by Gasteiger charge is 2.23. The molecule has 2 rings (SSSR count). The highest BCUT2D eigenvalue weighted by atomic mass is 16.4. The quantitative estimate of drug-likeness (QED) is 0.720. The van der Waals surface area contributed by atoms with Crippen molar-refractivity contribution in [2.75, 3.05) is 0 Å². The summed E-state index contributed by atoms with van der Waals surface area (Å²) in [7, 11) is 0. The van der Waals surface area contributed by atoms with Crippen molar-refractivity contribution in [3.05, 3.63) is 30.1 Å². The number of hydrogen-bond donors (Lipinski definition) is 3. The number of carboxylic acid groups (broad SMARTS) is 1. The van der Waals surface area contributed by atoms with Gasteiger partial charge in [0.1, 0.15) is 11.7 Å². The highest BCUT2D eigenvalue weighted by Crippen LogP contribution is 2.25. The van der Waals surface area contributed by atoms with E-state index in [1.165, 1.54) is 0 Å². The van der Waals surface area contributed by atoms with Gasteiger partial charge in [-0.1, -0.05) is 6.92 Å². The number of aromatic amines is 1. The second kappa shape index (κ2) is 3.94. The minimum absolute atomic E-state index is 0.254. The van der Waals surface area contributed by atoms with E-state index in [0.29, 0.717) is 0 Å². The van der Waals surface area contributed by atoms with E-state index < -0.39 is 12.0 Å². The fourth-order valence-corrected chi connectivity index (χ4v) is 1.76. The number of hydrogen-bond acceptors (Lipinski definition) is 3.